The fourth-order valence-electron chi connectivity index (χ4n) is 7.69. The lowest BCUT2D eigenvalue weighted by Gasteiger charge is -2.35. The zero-order chi connectivity index (χ0) is 51.3. The Balaban J connectivity index is 0.00000888. The molecule has 18 nitrogen and oxygen atoms in total. The van der Waals surface area contributed by atoms with Crippen LogP contribution in [0.2, 0.25) is 0 Å². The Morgan fingerprint density at radius 2 is 0.667 bits per heavy atom. The average Bonchev–Trinajstić information content (AvgIpc) is 3.36. The first kappa shape index (κ1) is 62.2. The van der Waals surface area contributed by atoms with E-state index in [1.165, 1.54) is 0 Å². The van der Waals surface area contributed by atoms with E-state index in [4.69, 9.17) is 11.5 Å². The van der Waals surface area contributed by atoms with Gasteiger partial charge in [-0.1, -0.05) is 149 Å². The van der Waals surface area contributed by atoms with Gasteiger partial charge in [-0.2, -0.15) is 0 Å². The largest absolute Gasteiger partial charge is 0.394 e. The molecule has 0 aliphatic heterocycles. The zero-order valence-electron chi connectivity index (χ0n) is 40.9. The van der Waals surface area contributed by atoms with Gasteiger partial charge in [-0.15, -0.1) is 24.8 Å². The number of carbonyl (C=O) groups excluding carboxylic acids is 6. The van der Waals surface area contributed by atoms with E-state index < -0.39 is 121 Å². The van der Waals surface area contributed by atoms with Gasteiger partial charge in [0.15, 0.2) is 0 Å². The number of hydrogen-bond donors (Lipinski definition) is 12. The Hall–Kier alpha value is -5.96. The van der Waals surface area contributed by atoms with Gasteiger partial charge in [0.1, 0.15) is 48.5 Å². The van der Waals surface area contributed by atoms with Crippen LogP contribution in [0.4, 0.5) is 0 Å². The topological polar surface area (TPSA) is 308 Å². The van der Waals surface area contributed by atoms with Crippen LogP contribution < -0.4 is 43.4 Å². The van der Waals surface area contributed by atoms with Crippen molar-refractivity contribution in [1.29, 1.82) is 0 Å². The van der Waals surface area contributed by atoms with Gasteiger partial charge in [-0.3, -0.25) is 28.8 Å². The minimum Gasteiger partial charge on any atom is -0.394 e. The molecule has 4 aromatic rings. The van der Waals surface area contributed by atoms with E-state index >= 15 is 0 Å². The number of rotatable bonds is 27. The van der Waals surface area contributed by atoms with Gasteiger partial charge < -0.3 is 63.8 Å². The number of aliphatic hydroxyl groups excluding tert-OH is 4. The van der Waals surface area contributed by atoms with Gasteiger partial charge in [-0.25, -0.2) is 0 Å². The van der Waals surface area contributed by atoms with Crippen molar-refractivity contribution in [1.82, 2.24) is 31.9 Å². The van der Waals surface area contributed by atoms with Crippen LogP contribution in [0.5, 0.6) is 0 Å². The third-order valence-corrected chi connectivity index (χ3v) is 11.8. The average molecular weight is 1040 g/mol. The summed E-state index contributed by atoms with van der Waals surface area (Å²) in [5.41, 5.74) is 14.3. The Morgan fingerprint density at radius 3 is 0.917 bits per heavy atom. The molecule has 20 heteroatoms. The first-order chi connectivity index (χ1) is 33.4. The summed E-state index contributed by atoms with van der Waals surface area (Å²) in [6, 6.07) is 25.6. The fraction of sp³-hybridized carbons (Fsp3) is 0.423. The maximum atomic E-state index is 14.4. The number of nitrogens with two attached hydrogens (primary N) is 2. The van der Waals surface area contributed by atoms with Crippen molar-refractivity contribution in [3.05, 3.63) is 144 Å². The molecule has 72 heavy (non-hydrogen) atoms. The summed E-state index contributed by atoms with van der Waals surface area (Å²) in [5.74, 6) is -5.46. The molecular formula is C52H72Cl2N8O10. The van der Waals surface area contributed by atoms with Gasteiger partial charge in [0, 0.05) is 12.8 Å². The summed E-state index contributed by atoms with van der Waals surface area (Å²) in [6.07, 6.45) is -3.43. The molecule has 0 bridgehead atoms. The van der Waals surface area contributed by atoms with Crippen molar-refractivity contribution in [3.8, 4) is 0 Å². The number of benzene rings is 4. The maximum absolute atomic E-state index is 14.4. The smallest absolute Gasteiger partial charge is 0.243 e. The molecule has 14 N–H and O–H groups in total. The second-order valence-electron chi connectivity index (χ2n) is 18.1. The van der Waals surface area contributed by atoms with Crippen molar-refractivity contribution < 1.29 is 49.2 Å². The van der Waals surface area contributed by atoms with Crippen LogP contribution in [0.1, 0.15) is 49.9 Å². The van der Waals surface area contributed by atoms with Crippen LogP contribution in [-0.4, -0.2) is 130 Å². The van der Waals surface area contributed by atoms with Gasteiger partial charge in [0.05, 0.1) is 25.3 Å². The molecule has 394 valence electrons. The third-order valence-electron chi connectivity index (χ3n) is 11.8. The van der Waals surface area contributed by atoms with Gasteiger partial charge >= 0.3 is 0 Å². The second kappa shape index (κ2) is 31.5. The third kappa shape index (κ3) is 19.6. The van der Waals surface area contributed by atoms with Crippen LogP contribution in [0.15, 0.2) is 121 Å². The molecule has 0 spiro atoms. The summed E-state index contributed by atoms with van der Waals surface area (Å²) < 4.78 is 0. The highest BCUT2D eigenvalue weighted by Crippen LogP contribution is 2.18. The summed E-state index contributed by atoms with van der Waals surface area (Å²) >= 11 is 0. The first-order valence-corrected chi connectivity index (χ1v) is 23.5. The highest BCUT2D eigenvalue weighted by molar-refractivity contribution is 5.94. The van der Waals surface area contributed by atoms with E-state index in [2.05, 4.69) is 31.9 Å². The Morgan fingerprint density at radius 1 is 0.403 bits per heavy atom. The summed E-state index contributed by atoms with van der Waals surface area (Å²) in [7, 11) is 0. The Labute approximate surface area is 433 Å². The molecule has 0 saturated carbocycles. The Bertz CT molecular complexity index is 2110. The van der Waals surface area contributed by atoms with Crippen LogP contribution in [0.3, 0.4) is 0 Å². The predicted molar refractivity (Wildman–Crippen MR) is 278 cm³/mol. The molecule has 0 heterocycles. The highest BCUT2D eigenvalue weighted by Gasteiger charge is 2.39. The van der Waals surface area contributed by atoms with E-state index in [0.717, 1.165) is 0 Å². The molecule has 0 saturated heterocycles. The normalized spacial score (nSPS) is 15.2. The minimum atomic E-state index is -1.75. The number of hydrogen-bond acceptors (Lipinski definition) is 12. The van der Waals surface area contributed by atoms with Gasteiger partial charge in [-0.05, 0) is 46.9 Å². The minimum absolute atomic E-state index is 0. The van der Waals surface area contributed by atoms with Crippen LogP contribution in [0, 0.1) is 11.8 Å². The lowest BCUT2D eigenvalue weighted by atomic mass is 9.90. The van der Waals surface area contributed by atoms with Crippen LogP contribution in [-0.2, 0) is 54.5 Å². The molecule has 10 atom stereocenters. The van der Waals surface area contributed by atoms with E-state index in [1.807, 2.05) is 0 Å². The van der Waals surface area contributed by atoms with Crippen LogP contribution >= 0.6 is 24.8 Å². The lowest BCUT2D eigenvalue weighted by Crippen LogP contribution is -2.63. The van der Waals surface area contributed by atoms with Crippen molar-refractivity contribution in [2.45, 2.75) is 114 Å². The number of carbonyl (C=O) groups is 6. The summed E-state index contributed by atoms with van der Waals surface area (Å²) in [4.78, 5) is 82.4. The predicted octanol–water partition coefficient (Wildman–Crippen LogP) is 0.383. The standard InChI is InChI=1S/C52H70N8O10.2ClH/c1-31(2)43(59-49(67)41(57-47(65)37(53)29-61)27-35-21-13-7-14-22-35)51(69)55-39(25-33-17-9-5-10-18-33)45(63)46(64)40(26-34-19-11-6-12-20-34)56-52(70)44(32(3)4)60-50(68)42(58-48(66)38(54)30-62)28-36-23-15-8-16-24-36;;/h5-24,31-32,37-46,61-64H,25-30,53-54H2,1-4H3,(H,55,69)(H,56,70)(H,57,65)(H,58,66)(H,59,67)(H,60,68);2*1H/t37-,38-,39-,40-,41-,42-,43-,44-,45+,46+;;/m0../s1. The SMILES string of the molecule is CC(C)[C@H](NC(=O)[C@H](Cc1ccccc1)NC(=O)[C@@H](N)CO)C(=O)N[C@@H](Cc1ccccc1)[C@@H](O)[C@H](O)[C@H](Cc1ccccc1)NC(=O)[C@@H](NC(=O)[C@H](Cc1ccccc1)NC(=O)[C@@H](N)CO)C(C)C.Cl.Cl. The van der Waals surface area contributed by atoms with Gasteiger partial charge in [0.2, 0.25) is 35.4 Å². The number of halogens is 2. The molecule has 0 aromatic heterocycles. The first-order valence-electron chi connectivity index (χ1n) is 23.5. The molecule has 0 unspecified atom stereocenters. The second-order valence-corrected chi connectivity index (χ2v) is 18.1. The summed E-state index contributed by atoms with van der Waals surface area (Å²) in [5, 5.41) is 59.8. The molecule has 4 aromatic carbocycles. The van der Waals surface area contributed by atoms with E-state index in [0.29, 0.717) is 22.3 Å². The Kier molecular flexibility index (Phi) is 27.2. The highest BCUT2D eigenvalue weighted by atomic mass is 35.5. The molecule has 6 amide bonds. The fourth-order valence-corrected chi connectivity index (χ4v) is 7.69. The molecule has 0 aliphatic rings. The number of aliphatic hydroxyl groups is 4. The molecule has 0 radical (unpaired) electrons. The maximum Gasteiger partial charge on any atom is 0.243 e. The van der Waals surface area contributed by atoms with Crippen LogP contribution in [0.25, 0.3) is 0 Å². The summed E-state index contributed by atoms with van der Waals surface area (Å²) in [6.45, 7) is 5.47. The van der Waals surface area contributed by atoms with E-state index in [1.54, 1.807) is 149 Å². The molecule has 0 fully saturated rings. The lowest BCUT2D eigenvalue weighted by molar-refractivity contribution is -0.135. The van der Waals surface area contributed by atoms with Crippen molar-refractivity contribution in [2.24, 2.45) is 23.3 Å². The van der Waals surface area contributed by atoms with Gasteiger partial charge in [0.25, 0.3) is 0 Å². The van der Waals surface area contributed by atoms with E-state index in [9.17, 15) is 49.2 Å². The molecule has 4 rings (SSSR count). The van der Waals surface area contributed by atoms with E-state index in [-0.39, 0.29) is 50.5 Å². The monoisotopic (exact) mass is 1040 g/mol. The van der Waals surface area contributed by atoms with Crippen molar-refractivity contribution in [2.75, 3.05) is 13.2 Å². The van der Waals surface area contributed by atoms with Crippen molar-refractivity contribution in [3.63, 3.8) is 0 Å². The zero-order valence-corrected chi connectivity index (χ0v) is 42.6. The van der Waals surface area contributed by atoms with Crippen molar-refractivity contribution >= 4 is 60.3 Å². The quantitative estimate of drug-likeness (QED) is 0.0386. The molecule has 0 aliphatic carbocycles. The molecular weight excluding hydrogens is 968 g/mol. The number of nitrogens with one attached hydrogen (secondary N) is 6. The number of amides is 6.